The molecule has 0 amide bonds. The van der Waals surface area contributed by atoms with Crippen LogP contribution < -0.4 is 5.32 Å². The molecule has 4 heteroatoms. The molecule has 1 spiro atoms. The standard InChI is InChI=1S/C16H25N3S/c1-2-6-16(7-3-1)12-19(11-15-17-8-9-20-15)14(10-18-16)13-4-5-13/h8-9,13-14,18H,1-7,10-12H2. The first-order chi connectivity index (χ1) is 9.85. The van der Waals surface area contributed by atoms with Gasteiger partial charge < -0.3 is 5.32 Å². The highest BCUT2D eigenvalue weighted by molar-refractivity contribution is 7.09. The molecular formula is C16H25N3S. The van der Waals surface area contributed by atoms with E-state index < -0.39 is 0 Å². The van der Waals surface area contributed by atoms with Crippen molar-refractivity contribution in [3.8, 4) is 0 Å². The van der Waals surface area contributed by atoms with Gasteiger partial charge in [-0.2, -0.15) is 0 Å². The molecule has 1 aliphatic heterocycles. The molecule has 4 rings (SSSR count). The normalized spacial score (nSPS) is 30.7. The van der Waals surface area contributed by atoms with Crippen LogP contribution in [0.3, 0.4) is 0 Å². The van der Waals surface area contributed by atoms with Crippen LogP contribution >= 0.6 is 11.3 Å². The van der Waals surface area contributed by atoms with Crippen molar-refractivity contribution in [1.82, 2.24) is 15.2 Å². The van der Waals surface area contributed by atoms with Gasteiger partial charge >= 0.3 is 0 Å². The van der Waals surface area contributed by atoms with Crippen molar-refractivity contribution in [2.24, 2.45) is 5.92 Å². The smallest absolute Gasteiger partial charge is 0.107 e. The van der Waals surface area contributed by atoms with Crippen LogP contribution in [0.2, 0.25) is 0 Å². The van der Waals surface area contributed by atoms with Gasteiger partial charge in [-0.15, -0.1) is 11.3 Å². The van der Waals surface area contributed by atoms with Crippen molar-refractivity contribution in [2.75, 3.05) is 13.1 Å². The van der Waals surface area contributed by atoms with Gasteiger partial charge in [-0.3, -0.25) is 4.90 Å². The number of aromatic nitrogens is 1. The highest BCUT2D eigenvalue weighted by Crippen LogP contribution is 2.40. The second kappa shape index (κ2) is 5.39. The van der Waals surface area contributed by atoms with E-state index in [1.54, 1.807) is 0 Å². The van der Waals surface area contributed by atoms with Crippen LogP contribution in [0, 0.1) is 5.92 Å². The Hall–Kier alpha value is -0.450. The number of hydrogen-bond acceptors (Lipinski definition) is 4. The fourth-order valence-corrected chi connectivity index (χ4v) is 4.84. The van der Waals surface area contributed by atoms with Gasteiger partial charge in [0.25, 0.3) is 0 Å². The third-order valence-corrected chi connectivity index (χ3v) is 6.22. The summed E-state index contributed by atoms with van der Waals surface area (Å²) in [4.78, 5) is 7.28. The van der Waals surface area contributed by atoms with E-state index in [2.05, 4.69) is 20.6 Å². The van der Waals surface area contributed by atoms with Crippen molar-refractivity contribution in [3.63, 3.8) is 0 Å². The molecule has 0 radical (unpaired) electrons. The summed E-state index contributed by atoms with van der Waals surface area (Å²) in [7, 11) is 0. The van der Waals surface area contributed by atoms with Crippen LogP contribution in [0.25, 0.3) is 0 Å². The van der Waals surface area contributed by atoms with Crippen LogP contribution in [-0.4, -0.2) is 34.6 Å². The number of rotatable bonds is 3. The molecular weight excluding hydrogens is 266 g/mol. The van der Waals surface area contributed by atoms with Crippen molar-refractivity contribution in [3.05, 3.63) is 16.6 Å². The van der Waals surface area contributed by atoms with E-state index in [1.807, 2.05) is 17.5 Å². The zero-order chi connectivity index (χ0) is 13.4. The Bertz CT molecular complexity index is 435. The Morgan fingerprint density at radius 3 is 2.85 bits per heavy atom. The molecule has 2 saturated carbocycles. The molecule has 2 heterocycles. The molecule has 0 bridgehead atoms. The topological polar surface area (TPSA) is 28.2 Å². The highest BCUT2D eigenvalue weighted by Gasteiger charge is 2.44. The van der Waals surface area contributed by atoms with Crippen LogP contribution in [-0.2, 0) is 6.54 Å². The van der Waals surface area contributed by atoms with Gasteiger partial charge in [-0.1, -0.05) is 19.3 Å². The van der Waals surface area contributed by atoms with Gasteiger partial charge in [0.05, 0.1) is 6.54 Å². The third kappa shape index (κ3) is 2.66. The van der Waals surface area contributed by atoms with Gasteiger partial charge in [0.1, 0.15) is 5.01 Å². The molecule has 1 saturated heterocycles. The van der Waals surface area contributed by atoms with Gasteiger partial charge in [0.15, 0.2) is 0 Å². The number of hydrogen-bond donors (Lipinski definition) is 1. The SMILES string of the molecule is c1csc(CN2CC3(CCCCC3)NCC2C2CC2)n1. The average Bonchev–Trinajstić information content (AvgIpc) is 3.17. The molecule has 3 nitrogen and oxygen atoms in total. The Kier molecular flexibility index (Phi) is 3.57. The van der Waals surface area contributed by atoms with Crippen LogP contribution in [0.15, 0.2) is 11.6 Å². The molecule has 110 valence electrons. The molecule has 1 unspecified atom stereocenters. The number of nitrogens with zero attached hydrogens (tertiary/aromatic N) is 2. The lowest BCUT2D eigenvalue weighted by atomic mass is 9.79. The zero-order valence-corrected chi connectivity index (χ0v) is 13.0. The van der Waals surface area contributed by atoms with Crippen molar-refractivity contribution < 1.29 is 0 Å². The monoisotopic (exact) mass is 291 g/mol. The number of thiazole rings is 1. The van der Waals surface area contributed by atoms with Crippen LogP contribution in [0.1, 0.15) is 50.0 Å². The second-order valence-corrected chi connectivity index (χ2v) is 7.94. The van der Waals surface area contributed by atoms with E-state index >= 15 is 0 Å². The lowest BCUT2D eigenvalue weighted by molar-refractivity contribution is 0.0408. The summed E-state index contributed by atoms with van der Waals surface area (Å²) in [5.74, 6) is 0.948. The Morgan fingerprint density at radius 2 is 2.15 bits per heavy atom. The van der Waals surface area contributed by atoms with Gasteiger partial charge in [-0.25, -0.2) is 4.98 Å². The summed E-state index contributed by atoms with van der Waals surface area (Å²) in [5.41, 5.74) is 0.418. The molecule has 2 aliphatic carbocycles. The van der Waals surface area contributed by atoms with E-state index in [0.717, 1.165) is 18.5 Å². The minimum Gasteiger partial charge on any atom is -0.308 e. The molecule has 20 heavy (non-hydrogen) atoms. The first kappa shape index (κ1) is 13.2. The quantitative estimate of drug-likeness (QED) is 0.928. The summed E-state index contributed by atoms with van der Waals surface area (Å²) < 4.78 is 0. The first-order valence-corrected chi connectivity index (χ1v) is 9.10. The van der Waals surface area contributed by atoms with Gasteiger partial charge in [0, 0.05) is 36.2 Å². The summed E-state index contributed by atoms with van der Waals surface area (Å²) >= 11 is 1.81. The molecule has 1 N–H and O–H groups in total. The molecule has 0 aromatic carbocycles. The maximum Gasteiger partial charge on any atom is 0.107 e. The van der Waals surface area contributed by atoms with Crippen molar-refractivity contribution in [2.45, 2.75) is 63.1 Å². The lowest BCUT2D eigenvalue weighted by Crippen LogP contribution is -2.65. The predicted molar refractivity (Wildman–Crippen MR) is 82.9 cm³/mol. The van der Waals surface area contributed by atoms with E-state index in [1.165, 1.54) is 63.0 Å². The van der Waals surface area contributed by atoms with E-state index in [-0.39, 0.29) is 0 Å². The first-order valence-electron chi connectivity index (χ1n) is 8.22. The number of nitrogens with one attached hydrogen (secondary N) is 1. The van der Waals surface area contributed by atoms with Crippen molar-refractivity contribution in [1.29, 1.82) is 0 Å². The number of piperazine rings is 1. The zero-order valence-electron chi connectivity index (χ0n) is 12.2. The Morgan fingerprint density at radius 1 is 1.30 bits per heavy atom. The summed E-state index contributed by atoms with van der Waals surface area (Å²) in [6.07, 6.45) is 11.8. The minimum absolute atomic E-state index is 0.418. The van der Waals surface area contributed by atoms with Crippen molar-refractivity contribution >= 4 is 11.3 Å². The highest BCUT2D eigenvalue weighted by atomic mass is 32.1. The van der Waals surface area contributed by atoms with Gasteiger partial charge in [0.2, 0.25) is 0 Å². The summed E-state index contributed by atoms with van der Waals surface area (Å²) in [5, 5.41) is 7.36. The predicted octanol–water partition coefficient (Wildman–Crippen LogP) is 3.03. The molecule has 3 fully saturated rings. The molecule has 1 aromatic heterocycles. The lowest BCUT2D eigenvalue weighted by Gasteiger charge is -2.49. The van der Waals surface area contributed by atoms with Crippen LogP contribution in [0.4, 0.5) is 0 Å². The maximum atomic E-state index is 4.51. The fraction of sp³-hybridized carbons (Fsp3) is 0.812. The van der Waals surface area contributed by atoms with E-state index in [9.17, 15) is 0 Å². The van der Waals surface area contributed by atoms with E-state index in [0.29, 0.717) is 5.54 Å². The van der Waals surface area contributed by atoms with Crippen LogP contribution in [0.5, 0.6) is 0 Å². The average molecular weight is 291 g/mol. The summed E-state index contributed by atoms with van der Waals surface area (Å²) in [6, 6.07) is 0.756. The molecule has 1 atom stereocenters. The molecule has 3 aliphatic rings. The fourth-order valence-electron chi connectivity index (χ4n) is 4.20. The third-order valence-electron chi connectivity index (χ3n) is 5.46. The minimum atomic E-state index is 0.418. The Labute approximate surface area is 125 Å². The van der Waals surface area contributed by atoms with Gasteiger partial charge in [-0.05, 0) is 31.6 Å². The van der Waals surface area contributed by atoms with E-state index in [4.69, 9.17) is 0 Å². The maximum absolute atomic E-state index is 4.51. The largest absolute Gasteiger partial charge is 0.308 e. The summed E-state index contributed by atoms with van der Waals surface area (Å²) in [6.45, 7) is 3.52. The molecule has 1 aromatic rings. The Balaban J connectivity index is 1.50. The second-order valence-electron chi connectivity index (χ2n) is 6.96.